The number of hydrogen-bond donors (Lipinski definition) is 3. The summed E-state index contributed by atoms with van der Waals surface area (Å²) in [6.07, 6.45) is 44.6. The maximum Gasteiger partial charge on any atom is 0.136 e. The van der Waals surface area contributed by atoms with E-state index in [1.165, 1.54) is 198 Å². The van der Waals surface area contributed by atoms with Crippen LogP contribution in [-0.2, 0) is 12.8 Å². The van der Waals surface area contributed by atoms with Gasteiger partial charge in [0.25, 0.3) is 0 Å². The van der Waals surface area contributed by atoms with Gasteiger partial charge in [-0.15, -0.1) is 0 Å². The molecule has 0 amide bonds. The lowest BCUT2D eigenvalue weighted by Crippen LogP contribution is -2.43. The van der Waals surface area contributed by atoms with Gasteiger partial charge in [0.2, 0.25) is 0 Å². The van der Waals surface area contributed by atoms with Gasteiger partial charge in [-0.25, -0.2) is 0 Å². The fraction of sp³-hybridized carbons (Fsp3) is 0.774. The van der Waals surface area contributed by atoms with Gasteiger partial charge < -0.3 is 20.1 Å². The third kappa shape index (κ3) is 23.5. The van der Waals surface area contributed by atoms with Gasteiger partial charge in [0.1, 0.15) is 11.9 Å². The van der Waals surface area contributed by atoms with Crippen LogP contribution in [0.1, 0.15) is 242 Å². The van der Waals surface area contributed by atoms with Gasteiger partial charge in [-0.1, -0.05) is 249 Å². The maximum atomic E-state index is 10.6. The molecule has 0 aliphatic rings. The summed E-state index contributed by atoms with van der Waals surface area (Å²) >= 11 is 0. The molecule has 3 N–H and O–H groups in total. The van der Waals surface area contributed by atoms with Crippen LogP contribution in [0.3, 0.4) is 0 Å². The highest BCUT2D eigenvalue weighted by Crippen LogP contribution is 2.40. The Bertz CT molecular complexity index is 1150. The number of aliphatic hydroxyl groups excluding tert-OH is 3. The quantitative estimate of drug-likeness (QED) is 0.0587. The summed E-state index contributed by atoms with van der Waals surface area (Å²) < 4.78 is 6.84. The normalized spacial score (nSPS) is 12.4. The zero-order chi connectivity index (χ0) is 40.9. The Labute approximate surface area is 353 Å². The molecule has 0 spiro atoms. The Morgan fingerprint density at radius 3 is 1.05 bits per heavy atom. The van der Waals surface area contributed by atoms with Crippen LogP contribution in [0.5, 0.6) is 5.75 Å². The summed E-state index contributed by atoms with van der Waals surface area (Å²) in [6, 6.07) is 16.6. The molecule has 0 saturated carbocycles. The average Bonchev–Trinajstić information content (AvgIpc) is 3.24. The Hall–Kier alpha value is -1.88. The molecule has 0 radical (unpaired) electrons. The van der Waals surface area contributed by atoms with E-state index in [1.807, 2.05) is 18.2 Å². The number of aliphatic hydroxyl groups is 3. The lowest BCUT2D eigenvalue weighted by Gasteiger charge is -2.38. The van der Waals surface area contributed by atoms with Crippen molar-refractivity contribution >= 4 is 0 Å². The highest BCUT2D eigenvalue weighted by Gasteiger charge is 2.42. The molecule has 4 nitrogen and oxygen atoms in total. The fourth-order valence-electron chi connectivity index (χ4n) is 8.61. The van der Waals surface area contributed by atoms with Crippen molar-refractivity contribution < 1.29 is 20.1 Å². The molecule has 0 saturated heterocycles. The van der Waals surface area contributed by atoms with Crippen LogP contribution in [0, 0.1) is 5.41 Å². The molecule has 4 heteroatoms. The number of unbranched alkanes of at least 4 members (excludes halogenated alkanes) is 30. The summed E-state index contributed by atoms with van der Waals surface area (Å²) in [5.74, 6) is 0.792. The van der Waals surface area contributed by atoms with E-state index in [9.17, 15) is 15.3 Å². The zero-order valence-electron chi connectivity index (χ0n) is 37.6. The summed E-state index contributed by atoms with van der Waals surface area (Å²) in [5.41, 5.74) is 2.10. The number of hydrogen-bond acceptors (Lipinski definition) is 4. The summed E-state index contributed by atoms with van der Waals surface area (Å²) in [4.78, 5) is 0. The third-order valence-electron chi connectivity index (χ3n) is 12.7. The molecule has 2 aromatic rings. The standard InChI is InChI=1S/C53H92O4/c1-3-5-7-9-11-13-15-17-19-21-23-25-27-29-31-33-39-48-40-35-37-43-50(48)52(53(45-54,46-55)47-56)57-51-44-38-36-42-49(51)41-34-32-30-28-26-24-22-20-18-16-14-12-10-8-6-4-2/h35-38,40,42-44,52,54-56H,3-34,39,41,45-47H2,1-2H3. The molecule has 0 aromatic heterocycles. The van der Waals surface area contributed by atoms with Crippen LogP contribution in [0.4, 0.5) is 0 Å². The number of ether oxygens (including phenoxy) is 1. The SMILES string of the molecule is CCCCCCCCCCCCCCCCCCc1ccccc1OC(c1ccccc1CCCCCCCCCCCCCCCCCC)C(CO)(CO)CO. The van der Waals surface area contributed by atoms with Crippen LogP contribution in [0.15, 0.2) is 48.5 Å². The molecule has 2 aromatic carbocycles. The smallest absolute Gasteiger partial charge is 0.136 e. The minimum absolute atomic E-state index is 0.362. The third-order valence-corrected chi connectivity index (χ3v) is 12.7. The van der Waals surface area contributed by atoms with E-state index in [1.54, 1.807) is 0 Å². The molecule has 0 bridgehead atoms. The van der Waals surface area contributed by atoms with Crippen LogP contribution in [0.2, 0.25) is 0 Å². The minimum atomic E-state index is -1.20. The van der Waals surface area contributed by atoms with Crippen molar-refractivity contribution in [2.45, 2.75) is 238 Å². The van der Waals surface area contributed by atoms with Crippen molar-refractivity contribution in [3.63, 3.8) is 0 Å². The molecule has 0 aliphatic carbocycles. The molecule has 0 aliphatic heterocycles. The molecule has 57 heavy (non-hydrogen) atoms. The lowest BCUT2D eigenvalue weighted by molar-refractivity contribution is -0.0747. The van der Waals surface area contributed by atoms with E-state index in [4.69, 9.17) is 4.74 Å². The Morgan fingerprint density at radius 2 is 0.684 bits per heavy atom. The second-order valence-electron chi connectivity index (χ2n) is 17.7. The van der Waals surface area contributed by atoms with Crippen LogP contribution < -0.4 is 4.74 Å². The average molecular weight is 793 g/mol. The molecule has 2 rings (SSSR count). The predicted octanol–water partition coefficient (Wildman–Crippen LogP) is 15.4. The van der Waals surface area contributed by atoms with Crippen LogP contribution in [-0.4, -0.2) is 35.1 Å². The van der Waals surface area contributed by atoms with Crippen molar-refractivity contribution in [2.24, 2.45) is 5.41 Å². The monoisotopic (exact) mass is 793 g/mol. The van der Waals surface area contributed by atoms with Crippen molar-refractivity contribution in [1.29, 1.82) is 0 Å². The molecule has 328 valence electrons. The van der Waals surface area contributed by atoms with E-state index in [-0.39, 0.29) is 19.8 Å². The van der Waals surface area contributed by atoms with Gasteiger partial charge in [-0.2, -0.15) is 0 Å². The second kappa shape index (κ2) is 36.0. The van der Waals surface area contributed by atoms with E-state index in [0.717, 1.165) is 42.6 Å². The predicted molar refractivity (Wildman–Crippen MR) is 246 cm³/mol. The van der Waals surface area contributed by atoms with Gasteiger partial charge in [-0.05, 0) is 48.4 Å². The second-order valence-corrected chi connectivity index (χ2v) is 17.7. The fourth-order valence-corrected chi connectivity index (χ4v) is 8.61. The first-order chi connectivity index (χ1) is 28.2. The van der Waals surface area contributed by atoms with Gasteiger partial charge in [-0.3, -0.25) is 0 Å². The van der Waals surface area contributed by atoms with Crippen LogP contribution >= 0.6 is 0 Å². The lowest BCUT2D eigenvalue weighted by atomic mass is 9.78. The van der Waals surface area contributed by atoms with E-state index in [2.05, 4.69) is 44.2 Å². The van der Waals surface area contributed by atoms with Gasteiger partial charge in [0.05, 0.1) is 25.2 Å². The Kier molecular flexibility index (Phi) is 32.4. The van der Waals surface area contributed by atoms with E-state index < -0.39 is 11.5 Å². The molecular formula is C53H92O4. The largest absolute Gasteiger partial charge is 0.485 e. The first-order valence-electron chi connectivity index (χ1n) is 24.8. The number of aryl methyl sites for hydroxylation is 2. The van der Waals surface area contributed by atoms with Crippen molar-refractivity contribution in [1.82, 2.24) is 0 Å². The summed E-state index contributed by atoms with van der Waals surface area (Å²) in [5, 5.41) is 31.9. The first kappa shape index (κ1) is 51.3. The van der Waals surface area contributed by atoms with Gasteiger partial charge in [0, 0.05) is 0 Å². The summed E-state index contributed by atoms with van der Waals surface area (Å²) in [6.45, 7) is 3.49. The minimum Gasteiger partial charge on any atom is -0.485 e. The Balaban J connectivity index is 1.77. The van der Waals surface area contributed by atoms with Crippen molar-refractivity contribution in [3.8, 4) is 5.75 Å². The number of para-hydroxylation sites is 1. The van der Waals surface area contributed by atoms with Crippen molar-refractivity contribution in [2.75, 3.05) is 19.8 Å². The highest BCUT2D eigenvalue weighted by molar-refractivity contribution is 5.37. The van der Waals surface area contributed by atoms with Gasteiger partial charge >= 0.3 is 0 Å². The molecular weight excluding hydrogens is 701 g/mol. The number of benzene rings is 2. The Morgan fingerprint density at radius 1 is 0.386 bits per heavy atom. The highest BCUT2D eigenvalue weighted by atomic mass is 16.5. The maximum absolute atomic E-state index is 10.6. The van der Waals surface area contributed by atoms with E-state index >= 15 is 0 Å². The summed E-state index contributed by atoms with van der Waals surface area (Å²) in [7, 11) is 0. The number of rotatable bonds is 41. The first-order valence-corrected chi connectivity index (χ1v) is 24.8. The molecule has 1 unspecified atom stereocenters. The van der Waals surface area contributed by atoms with Crippen molar-refractivity contribution in [3.05, 3.63) is 65.2 Å². The molecule has 0 fully saturated rings. The molecule has 0 heterocycles. The van der Waals surface area contributed by atoms with Crippen LogP contribution in [0.25, 0.3) is 0 Å². The zero-order valence-corrected chi connectivity index (χ0v) is 37.6. The van der Waals surface area contributed by atoms with Gasteiger partial charge in [0.15, 0.2) is 0 Å². The van der Waals surface area contributed by atoms with E-state index in [0.29, 0.717) is 0 Å². The topological polar surface area (TPSA) is 69.9 Å². The molecule has 1 atom stereocenters.